The zero-order valence-electron chi connectivity index (χ0n) is 15.1. The molecule has 142 valence electrons. The highest BCUT2D eigenvalue weighted by molar-refractivity contribution is 7.92. The molecule has 1 aromatic heterocycles. The average molecular weight is 394 g/mol. The lowest BCUT2D eigenvalue weighted by atomic mass is 9.95. The number of likely N-dealkylation sites (tertiary alicyclic amines) is 1. The minimum absolute atomic E-state index is 0.0508. The molecule has 4 nitrogen and oxygen atoms in total. The first kappa shape index (κ1) is 17.5. The van der Waals surface area contributed by atoms with Gasteiger partial charge < -0.3 is 0 Å². The van der Waals surface area contributed by atoms with Gasteiger partial charge in [0.1, 0.15) is 5.82 Å². The number of aromatic nitrogens is 1. The van der Waals surface area contributed by atoms with Crippen molar-refractivity contribution in [3.05, 3.63) is 83.9 Å². The van der Waals surface area contributed by atoms with Crippen molar-refractivity contribution in [3.63, 3.8) is 0 Å². The third-order valence-corrected chi connectivity index (χ3v) is 8.01. The number of pyridine rings is 1. The lowest BCUT2D eigenvalue weighted by molar-refractivity contribution is 0.325. The average Bonchev–Trinajstić information content (AvgIpc) is 3.20. The van der Waals surface area contributed by atoms with Gasteiger partial charge in [0.2, 0.25) is 0 Å². The summed E-state index contributed by atoms with van der Waals surface area (Å²) in [6, 6.07) is 15.9. The first-order chi connectivity index (χ1) is 13.5. The van der Waals surface area contributed by atoms with Gasteiger partial charge in [-0.05, 0) is 52.6 Å². The van der Waals surface area contributed by atoms with E-state index >= 15 is 0 Å². The van der Waals surface area contributed by atoms with Crippen molar-refractivity contribution in [2.45, 2.75) is 22.6 Å². The lowest BCUT2D eigenvalue weighted by Crippen LogP contribution is -2.25. The Balaban J connectivity index is 1.47. The van der Waals surface area contributed by atoms with E-state index in [0.29, 0.717) is 24.5 Å². The maximum atomic E-state index is 13.5. The fourth-order valence-electron chi connectivity index (χ4n) is 4.46. The van der Waals surface area contributed by atoms with E-state index in [1.54, 1.807) is 24.5 Å². The summed E-state index contributed by atoms with van der Waals surface area (Å²) in [7, 11) is -3.35. The molecule has 0 amide bonds. The molecule has 0 N–H and O–H groups in total. The molecular formula is C22H19FN2O2S. The number of hydrogen-bond donors (Lipinski definition) is 0. The predicted octanol–water partition coefficient (Wildman–Crippen LogP) is 3.64. The summed E-state index contributed by atoms with van der Waals surface area (Å²) in [5.41, 5.74) is 3.71. The van der Waals surface area contributed by atoms with Crippen LogP contribution in [0.15, 0.2) is 71.9 Å². The standard InChI is InChI=1S/C22H19FN2O2S/c23-18-5-1-3-15(9-18)12-25-13-20-19-10-16(17-4-2-8-24-11-17)6-7-21(19)28(26,27)22(20)14-25/h1-11,20,22H,12-14H2/t20-,22-/m1/s1. The molecule has 0 bridgehead atoms. The first-order valence-electron chi connectivity index (χ1n) is 9.27. The molecule has 2 aromatic carbocycles. The van der Waals surface area contributed by atoms with Crippen molar-refractivity contribution in [2.75, 3.05) is 13.1 Å². The number of sulfone groups is 1. The molecule has 3 aromatic rings. The summed E-state index contributed by atoms with van der Waals surface area (Å²) in [4.78, 5) is 6.73. The minimum atomic E-state index is -3.35. The van der Waals surface area contributed by atoms with Gasteiger partial charge in [0.15, 0.2) is 9.84 Å². The number of halogens is 1. The van der Waals surface area contributed by atoms with E-state index < -0.39 is 15.1 Å². The Kier molecular flexibility index (Phi) is 4.07. The Labute approximate surface area is 163 Å². The maximum Gasteiger partial charge on any atom is 0.183 e. The van der Waals surface area contributed by atoms with Crippen LogP contribution in [0.25, 0.3) is 11.1 Å². The molecule has 1 saturated heterocycles. The van der Waals surface area contributed by atoms with E-state index in [-0.39, 0.29) is 11.7 Å². The van der Waals surface area contributed by atoms with Gasteiger partial charge in [-0.3, -0.25) is 9.88 Å². The molecule has 6 heteroatoms. The smallest absolute Gasteiger partial charge is 0.183 e. The van der Waals surface area contributed by atoms with E-state index in [2.05, 4.69) is 9.88 Å². The van der Waals surface area contributed by atoms with Gasteiger partial charge in [-0.15, -0.1) is 0 Å². The summed E-state index contributed by atoms with van der Waals surface area (Å²) in [5, 5.41) is -0.430. The molecule has 0 spiro atoms. The third kappa shape index (κ3) is 2.84. The molecule has 0 aliphatic carbocycles. The molecule has 2 atom stereocenters. The molecular weight excluding hydrogens is 375 g/mol. The highest BCUT2D eigenvalue weighted by Crippen LogP contribution is 2.46. The topological polar surface area (TPSA) is 50.3 Å². The van der Waals surface area contributed by atoms with Crippen LogP contribution in [-0.2, 0) is 16.4 Å². The Bertz CT molecular complexity index is 1150. The lowest BCUT2D eigenvalue weighted by Gasteiger charge is -2.17. The summed E-state index contributed by atoms with van der Waals surface area (Å²) < 4.78 is 39.6. The third-order valence-electron chi connectivity index (χ3n) is 5.75. The van der Waals surface area contributed by atoms with Crippen LogP contribution >= 0.6 is 0 Å². The highest BCUT2D eigenvalue weighted by atomic mass is 32.2. The Morgan fingerprint density at radius 2 is 1.93 bits per heavy atom. The number of fused-ring (bicyclic) bond motifs is 3. The molecule has 5 rings (SSSR count). The number of rotatable bonds is 3. The molecule has 0 radical (unpaired) electrons. The van der Waals surface area contributed by atoms with Gasteiger partial charge >= 0.3 is 0 Å². The molecule has 0 unspecified atom stereocenters. The normalized spacial score (nSPS) is 22.8. The predicted molar refractivity (Wildman–Crippen MR) is 105 cm³/mol. The molecule has 28 heavy (non-hydrogen) atoms. The molecule has 2 aliphatic rings. The maximum absolute atomic E-state index is 13.5. The Hall–Kier alpha value is -2.57. The summed E-state index contributed by atoms with van der Waals surface area (Å²) in [6.45, 7) is 1.68. The van der Waals surface area contributed by atoms with Gasteiger partial charge in [-0.25, -0.2) is 12.8 Å². The van der Waals surface area contributed by atoms with Crippen LogP contribution < -0.4 is 0 Å². The number of benzene rings is 2. The fraction of sp³-hybridized carbons (Fsp3) is 0.227. The molecule has 2 aliphatic heterocycles. The van der Waals surface area contributed by atoms with Gasteiger partial charge in [0, 0.05) is 37.9 Å². The minimum Gasteiger partial charge on any atom is -0.297 e. The zero-order valence-corrected chi connectivity index (χ0v) is 15.9. The highest BCUT2D eigenvalue weighted by Gasteiger charge is 2.50. The van der Waals surface area contributed by atoms with Crippen LogP contribution in [0.1, 0.15) is 17.0 Å². The van der Waals surface area contributed by atoms with Crippen molar-refractivity contribution in [3.8, 4) is 11.1 Å². The fourth-order valence-corrected chi connectivity index (χ4v) is 6.66. The largest absolute Gasteiger partial charge is 0.297 e. The van der Waals surface area contributed by atoms with Crippen LogP contribution in [0.3, 0.4) is 0 Å². The van der Waals surface area contributed by atoms with Crippen molar-refractivity contribution in [2.24, 2.45) is 0 Å². The van der Waals surface area contributed by atoms with Gasteiger partial charge in [0.05, 0.1) is 10.1 Å². The summed E-state index contributed by atoms with van der Waals surface area (Å²) in [6.07, 6.45) is 3.51. The van der Waals surface area contributed by atoms with E-state index in [9.17, 15) is 12.8 Å². The molecule has 0 saturated carbocycles. The second-order valence-corrected chi connectivity index (χ2v) is 9.64. The van der Waals surface area contributed by atoms with Crippen molar-refractivity contribution in [1.29, 1.82) is 0 Å². The van der Waals surface area contributed by atoms with E-state index in [4.69, 9.17) is 0 Å². The van der Waals surface area contributed by atoms with Crippen LogP contribution in [0, 0.1) is 5.82 Å². The number of hydrogen-bond acceptors (Lipinski definition) is 4. The Morgan fingerprint density at radius 1 is 1.04 bits per heavy atom. The van der Waals surface area contributed by atoms with Gasteiger partial charge in [0.25, 0.3) is 0 Å². The monoisotopic (exact) mass is 394 g/mol. The first-order valence-corrected chi connectivity index (χ1v) is 10.8. The second kappa shape index (κ2) is 6.50. The quantitative estimate of drug-likeness (QED) is 0.681. The summed E-state index contributed by atoms with van der Waals surface area (Å²) >= 11 is 0. The van der Waals surface area contributed by atoms with Crippen molar-refractivity contribution < 1.29 is 12.8 Å². The molecule has 3 heterocycles. The van der Waals surface area contributed by atoms with Crippen molar-refractivity contribution >= 4 is 9.84 Å². The summed E-state index contributed by atoms with van der Waals surface area (Å²) in [5.74, 6) is -0.318. The van der Waals surface area contributed by atoms with E-state index in [0.717, 1.165) is 22.3 Å². The number of nitrogens with zero attached hydrogens (tertiary/aromatic N) is 2. The molecule has 1 fully saturated rings. The van der Waals surface area contributed by atoms with E-state index in [1.165, 1.54) is 12.1 Å². The van der Waals surface area contributed by atoms with Gasteiger partial charge in [-0.2, -0.15) is 0 Å². The SMILES string of the molecule is O=S1(=O)c2ccc(-c3cccnc3)cc2[C@H]2CN(Cc3cccc(F)c3)C[C@H]21. The van der Waals surface area contributed by atoms with Gasteiger partial charge in [-0.1, -0.05) is 24.3 Å². The van der Waals surface area contributed by atoms with Crippen molar-refractivity contribution in [1.82, 2.24) is 9.88 Å². The second-order valence-electron chi connectivity index (χ2n) is 7.51. The van der Waals surface area contributed by atoms with Crippen LogP contribution in [0.2, 0.25) is 0 Å². The van der Waals surface area contributed by atoms with Crippen LogP contribution in [0.5, 0.6) is 0 Å². The van der Waals surface area contributed by atoms with E-state index in [1.807, 2.05) is 30.3 Å². The Morgan fingerprint density at radius 3 is 2.71 bits per heavy atom. The van der Waals surface area contributed by atoms with Crippen LogP contribution in [-0.4, -0.2) is 36.6 Å². The zero-order chi connectivity index (χ0) is 19.3. The van der Waals surface area contributed by atoms with Crippen LogP contribution in [0.4, 0.5) is 4.39 Å².